The van der Waals surface area contributed by atoms with Gasteiger partial charge in [-0.05, 0) is 31.4 Å². The average molecular weight is 269 g/mol. The van der Waals surface area contributed by atoms with Crippen LogP contribution in [-0.4, -0.2) is 35.4 Å². The molecule has 1 aromatic carbocycles. The highest BCUT2D eigenvalue weighted by molar-refractivity contribution is 5.92. The molecule has 1 fully saturated rings. The largest absolute Gasteiger partial charge is 0.374 e. The summed E-state index contributed by atoms with van der Waals surface area (Å²) >= 11 is 0. The number of para-hydroxylation sites is 1. The molecule has 4 heteroatoms. The van der Waals surface area contributed by atoms with Crippen LogP contribution in [0.3, 0.4) is 0 Å². The van der Waals surface area contributed by atoms with Gasteiger partial charge in [0, 0.05) is 24.7 Å². The van der Waals surface area contributed by atoms with Crippen LogP contribution in [0.5, 0.6) is 0 Å². The third kappa shape index (κ3) is 2.74. The van der Waals surface area contributed by atoms with E-state index in [1.165, 1.54) is 6.42 Å². The Morgan fingerprint density at radius 1 is 1.15 bits per heavy atom. The van der Waals surface area contributed by atoms with Crippen LogP contribution >= 0.6 is 0 Å². The van der Waals surface area contributed by atoms with Gasteiger partial charge in [-0.2, -0.15) is 0 Å². The van der Waals surface area contributed by atoms with E-state index in [4.69, 9.17) is 0 Å². The lowest BCUT2D eigenvalue weighted by molar-refractivity contribution is -0.130. The van der Waals surface area contributed by atoms with Crippen LogP contribution in [0.25, 0.3) is 10.9 Å². The minimum absolute atomic E-state index is 0.178. The SMILES string of the molecule is O=C(CNc1cccc2cccnc12)N1CCCCC1. The van der Waals surface area contributed by atoms with Crippen molar-refractivity contribution in [2.24, 2.45) is 0 Å². The predicted octanol–water partition coefficient (Wildman–Crippen LogP) is 2.66. The Balaban J connectivity index is 1.69. The third-order valence-corrected chi connectivity index (χ3v) is 3.77. The van der Waals surface area contributed by atoms with Crippen LogP contribution in [0.1, 0.15) is 19.3 Å². The van der Waals surface area contributed by atoms with Crippen molar-refractivity contribution in [3.63, 3.8) is 0 Å². The van der Waals surface area contributed by atoms with Crippen molar-refractivity contribution in [3.8, 4) is 0 Å². The molecule has 2 heterocycles. The van der Waals surface area contributed by atoms with Crippen molar-refractivity contribution in [1.29, 1.82) is 0 Å². The number of carbonyl (C=O) groups is 1. The number of amides is 1. The van der Waals surface area contributed by atoms with Crippen LogP contribution in [0.2, 0.25) is 0 Å². The Morgan fingerprint density at radius 2 is 1.95 bits per heavy atom. The number of nitrogens with one attached hydrogen (secondary N) is 1. The fourth-order valence-electron chi connectivity index (χ4n) is 2.67. The maximum atomic E-state index is 12.2. The van der Waals surface area contributed by atoms with E-state index in [0.29, 0.717) is 6.54 Å². The lowest BCUT2D eigenvalue weighted by Crippen LogP contribution is -2.39. The quantitative estimate of drug-likeness (QED) is 0.931. The van der Waals surface area contributed by atoms with E-state index >= 15 is 0 Å². The maximum absolute atomic E-state index is 12.2. The van der Waals surface area contributed by atoms with Gasteiger partial charge in [0.2, 0.25) is 5.91 Å². The number of rotatable bonds is 3. The second-order valence-corrected chi connectivity index (χ2v) is 5.18. The molecule has 4 nitrogen and oxygen atoms in total. The van der Waals surface area contributed by atoms with E-state index in [1.54, 1.807) is 6.20 Å². The van der Waals surface area contributed by atoms with Gasteiger partial charge >= 0.3 is 0 Å². The number of piperidine rings is 1. The first kappa shape index (κ1) is 12.9. The molecule has 2 aromatic rings. The summed E-state index contributed by atoms with van der Waals surface area (Å²) in [7, 11) is 0. The third-order valence-electron chi connectivity index (χ3n) is 3.77. The van der Waals surface area contributed by atoms with Gasteiger partial charge in [-0.25, -0.2) is 0 Å². The van der Waals surface area contributed by atoms with Crippen LogP contribution in [0.15, 0.2) is 36.5 Å². The first-order valence-electron chi connectivity index (χ1n) is 7.20. The lowest BCUT2D eigenvalue weighted by Gasteiger charge is -2.27. The lowest BCUT2D eigenvalue weighted by atomic mass is 10.1. The Labute approximate surface area is 118 Å². The number of carbonyl (C=O) groups excluding carboxylic acids is 1. The Hall–Kier alpha value is -2.10. The number of benzene rings is 1. The second-order valence-electron chi connectivity index (χ2n) is 5.18. The van der Waals surface area contributed by atoms with Crippen LogP contribution < -0.4 is 5.32 Å². The fourth-order valence-corrected chi connectivity index (χ4v) is 2.67. The molecular weight excluding hydrogens is 250 g/mol. The van der Waals surface area contributed by atoms with Gasteiger partial charge < -0.3 is 10.2 Å². The van der Waals surface area contributed by atoms with Crippen LogP contribution in [0.4, 0.5) is 5.69 Å². The summed E-state index contributed by atoms with van der Waals surface area (Å²) in [5.74, 6) is 0.178. The summed E-state index contributed by atoms with van der Waals surface area (Å²) in [6.45, 7) is 2.14. The van der Waals surface area contributed by atoms with Gasteiger partial charge in [-0.3, -0.25) is 9.78 Å². The molecule has 104 valence electrons. The molecule has 1 N–H and O–H groups in total. The molecule has 0 bridgehead atoms. The summed E-state index contributed by atoms with van der Waals surface area (Å²) < 4.78 is 0. The first-order chi connectivity index (χ1) is 9.84. The molecule has 1 aromatic heterocycles. The van der Waals surface area contributed by atoms with Gasteiger partial charge in [0.25, 0.3) is 0 Å². The Morgan fingerprint density at radius 3 is 2.80 bits per heavy atom. The molecule has 0 atom stereocenters. The molecule has 0 unspecified atom stereocenters. The number of fused-ring (bicyclic) bond motifs is 1. The zero-order valence-electron chi connectivity index (χ0n) is 11.5. The first-order valence-corrected chi connectivity index (χ1v) is 7.20. The number of hydrogen-bond donors (Lipinski definition) is 1. The van der Waals surface area contributed by atoms with Gasteiger partial charge in [-0.15, -0.1) is 0 Å². The van der Waals surface area contributed by atoms with Crippen molar-refractivity contribution < 1.29 is 4.79 Å². The molecule has 20 heavy (non-hydrogen) atoms. The molecule has 1 saturated heterocycles. The molecule has 0 saturated carbocycles. The van der Waals surface area contributed by atoms with E-state index in [1.807, 2.05) is 35.2 Å². The minimum atomic E-state index is 0.178. The molecule has 1 aliphatic heterocycles. The predicted molar refractivity (Wildman–Crippen MR) is 80.7 cm³/mol. The van der Waals surface area contributed by atoms with E-state index in [9.17, 15) is 4.79 Å². The second kappa shape index (κ2) is 5.90. The van der Waals surface area contributed by atoms with E-state index < -0.39 is 0 Å². The smallest absolute Gasteiger partial charge is 0.241 e. The molecule has 0 radical (unpaired) electrons. The number of aromatic nitrogens is 1. The van der Waals surface area contributed by atoms with E-state index in [2.05, 4.69) is 10.3 Å². The molecule has 0 aliphatic carbocycles. The molecule has 3 rings (SSSR count). The van der Waals surface area contributed by atoms with E-state index in [-0.39, 0.29) is 5.91 Å². The molecule has 0 spiro atoms. The Bertz CT molecular complexity index is 600. The number of likely N-dealkylation sites (tertiary alicyclic amines) is 1. The number of nitrogens with zero attached hydrogens (tertiary/aromatic N) is 2. The van der Waals surface area contributed by atoms with Gasteiger partial charge in [0.05, 0.1) is 17.7 Å². The molecular formula is C16H19N3O. The molecule has 1 amide bonds. The number of pyridine rings is 1. The highest BCUT2D eigenvalue weighted by atomic mass is 16.2. The summed E-state index contributed by atoms with van der Waals surface area (Å²) in [6.07, 6.45) is 5.27. The van der Waals surface area contributed by atoms with Crippen LogP contribution in [-0.2, 0) is 4.79 Å². The fraction of sp³-hybridized carbons (Fsp3) is 0.375. The normalized spacial score (nSPS) is 15.3. The molecule has 1 aliphatic rings. The van der Waals surface area contributed by atoms with Crippen molar-refractivity contribution in [1.82, 2.24) is 9.88 Å². The summed E-state index contributed by atoms with van der Waals surface area (Å²) in [4.78, 5) is 18.5. The van der Waals surface area contributed by atoms with Gasteiger partial charge in [0.1, 0.15) is 0 Å². The minimum Gasteiger partial charge on any atom is -0.374 e. The van der Waals surface area contributed by atoms with Crippen molar-refractivity contribution in [3.05, 3.63) is 36.5 Å². The van der Waals surface area contributed by atoms with E-state index in [0.717, 1.165) is 42.5 Å². The zero-order valence-corrected chi connectivity index (χ0v) is 11.5. The summed E-state index contributed by atoms with van der Waals surface area (Å²) in [6, 6.07) is 9.93. The highest BCUT2D eigenvalue weighted by Gasteiger charge is 2.16. The highest BCUT2D eigenvalue weighted by Crippen LogP contribution is 2.20. The zero-order chi connectivity index (χ0) is 13.8. The monoisotopic (exact) mass is 269 g/mol. The topological polar surface area (TPSA) is 45.2 Å². The van der Waals surface area contributed by atoms with Crippen molar-refractivity contribution >= 4 is 22.5 Å². The van der Waals surface area contributed by atoms with Gasteiger partial charge in [0.15, 0.2) is 0 Å². The summed E-state index contributed by atoms with van der Waals surface area (Å²) in [5.41, 5.74) is 1.84. The van der Waals surface area contributed by atoms with Gasteiger partial charge in [-0.1, -0.05) is 18.2 Å². The Kier molecular flexibility index (Phi) is 3.81. The standard InChI is InChI=1S/C16H19N3O/c20-15(19-10-2-1-3-11-19)12-18-14-8-4-6-13-7-5-9-17-16(13)14/h4-9,18H,1-3,10-12H2. The number of hydrogen-bond acceptors (Lipinski definition) is 3. The maximum Gasteiger partial charge on any atom is 0.241 e. The van der Waals surface area contributed by atoms with Crippen LogP contribution in [0, 0.1) is 0 Å². The summed E-state index contributed by atoms with van der Waals surface area (Å²) in [5, 5.41) is 4.32. The average Bonchev–Trinajstić information content (AvgIpc) is 2.53. The van der Waals surface area contributed by atoms with Crippen molar-refractivity contribution in [2.45, 2.75) is 19.3 Å². The van der Waals surface area contributed by atoms with Crippen molar-refractivity contribution in [2.75, 3.05) is 25.0 Å². The number of anilines is 1.